The van der Waals surface area contributed by atoms with Crippen molar-refractivity contribution >= 4 is 21.1 Å². The number of fused-ring (bicyclic) bond motifs is 1. The predicted molar refractivity (Wildman–Crippen MR) is 106 cm³/mol. The molecule has 9 nitrogen and oxygen atoms in total. The van der Waals surface area contributed by atoms with Crippen molar-refractivity contribution in [3.05, 3.63) is 46.9 Å². The van der Waals surface area contributed by atoms with E-state index >= 15 is 0 Å². The summed E-state index contributed by atoms with van der Waals surface area (Å²) in [5.74, 6) is 0.621. The number of aromatic amines is 1. The first-order valence-corrected chi connectivity index (χ1v) is 10.6. The van der Waals surface area contributed by atoms with Crippen molar-refractivity contribution in [1.29, 1.82) is 0 Å². The van der Waals surface area contributed by atoms with Gasteiger partial charge in [0.15, 0.2) is 5.65 Å². The average Bonchev–Trinajstić information content (AvgIpc) is 2.75. The van der Waals surface area contributed by atoms with Crippen LogP contribution in [0.5, 0.6) is 5.75 Å². The number of rotatable bonds is 5. The van der Waals surface area contributed by atoms with Crippen LogP contribution in [-0.2, 0) is 14.8 Å². The molecule has 0 atom stereocenters. The standard InChI is InChI=1S/C19H20N4O5S/c1-2-28-16-6-5-13(29(25,26)23-8-10-27-11-9-23)12-15(16)18-21-17-14(19(24)22-18)4-3-7-20-17/h3-7,12H,2,8-11H2,1H3,(H,20,21,22,24). The number of morpholine rings is 1. The van der Waals surface area contributed by atoms with Crippen LogP contribution in [0.15, 0.2) is 46.2 Å². The van der Waals surface area contributed by atoms with E-state index in [2.05, 4.69) is 15.0 Å². The van der Waals surface area contributed by atoms with Crippen LogP contribution in [0.3, 0.4) is 0 Å². The molecule has 1 saturated heterocycles. The Hall–Kier alpha value is -2.82. The number of nitrogens with one attached hydrogen (secondary N) is 1. The molecule has 0 amide bonds. The number of hydrogen-bond acceptors (Lipinski definition) is 7. The summed E-state index contributed by atoms with van der Waals surface area (Å²) in [5, 5.41) is 0.353. The Bertz CT molecular complexity index is 1200. The van der Waals surface area contributed by atoms with E-state index < -0.39 is 10.0 Å². The fourth-order valence-corrected chi connectivity index (χ4v) is 4.61. The molecule has 0 aliphatic carbocycles. The zero-order valence-electron chi connectivity index (χ0n) is 15.8. The van der Waals surface area contributed by atoms with E-state index in [0.29, 0.717) is 49.6 Å². The number of hydrogen-bond donors (Lipinski definition) is 1. The molecule has 2 aromatic heterocycles. The molecule has 0 radical (unpaired) electrons. The minimum atomic E-state index is -3.71. The molecule has 152 valence electrons. The molecule has 0 bridgehead atoms. The molecule has 3 aromatic rings. The Labute approximate surface area is 167 Å². The number of pyridine rings is 1. The molecule has 1 N–H and O–H groups in total. The maximum Gasteiger partial charge on any atom is 0.260 e. The van der Waals surface area contributed by atoms with Crippen LogP contribution in [0, 0.1) is 0 Å². The quantitative estimate of drug-likeness (QED) is 0.669. The van der Waals surface area contributed by atoms with Gasteiger partial charge < -0.3 is 14.5 Å². The minimum absolute atomic E-state index is 0.0987. The predicted octanol–water partition coefficient (Wildman–Crippen LogP) is 1.40. The van der Waals surface area contributed by atoms with Gasteiger partial charge in [0.1, 0.15) is 11.6 Å². The number of nitrogens with zero attached hydrogens (tertiary/aromatic N) is 3. The Kier molecular flexibility index (Phi) is 5.31. The maximum absolute atomic E-state index is 13.0. The molecular weight excluding hydrogens is 396 g/mol. The fraction of sp³-hybridized carbons (Fsp3) is 0.316. The molecule has 0 unspecified atom stereocenters. The molecule has 10 heteroatoms. The highest BCUT2D eigenvalue weighted by Gasteiger charge is 2.27. The van der Waals surface area contributed by atoms with Gasteiger partial charge in [0.2, 0.25) is 10.0 Å². The van der Waals surface area contributed by atoms with E-state index in [1.807, 2.05) is 6.92 Å². The second-order valence-corrected chi connectivity index (χ2v) is 8.33. The molecule has 1 aromatic carbocycles. The second kappa shape index (κ2) is 7.90. The molecular formula is C19H20N4O5S. The summed E-state index contributed by atoms with van der Waals surface area (Å²) in [7, 11) is -3.71. The van der Waals surface area contributed by atoms with E-state index in [1.165, 1.54) is 16.4 Å². The maximum atomic E-state index is 13.0. The number of H-pyrrole nitrogens is 1. The van der Waals surface area contributed by atoms with Gasteiger partial charge in [-0.25, -0.2) is 18.4 Å². The normalized spacial score (nSPS) is 15.5. The van der Waals surface area contributed by atoms with Gasteiger partial charge in [-0.3, -0.25) is 4.79 Å². The molecule has 0 spiro atoms. The van der Waals surface area contributed by atoms with Gasteiger partial charge in [-0.05, 0) is 37.3 Å². The van der Waals surface area contributed by atoms with E-state index in [9.17, 15) is 13.2 Å². The molecule has 1 fully saturated rings. The van der Waals surface area contributed by atoms with Crippen molar-refractivity contribution in [2.75, 3.05) is 32.9 Å². The van der Waals surface area contributed by atoms with Crippen molar-refractivity contribution < 1.29 is 17.9 Å². The number of sulfonamides is 1. The molecule has 3 heterocycles. The van der Waals surface area contributed by atoms with Gasteiger partial charge in [-0.1, -0.05) is 0 Å². The topological polar surface area (TPSA) is 114 Å². The van der Waals surface area contributed by atoms with Crippen molar-refractivity contribution in [2.24, 2.45) is 0 Å². The molecule has 4 rings (SSSR count). The average molecular weight is 416 g/mol. The van der Waals surface area contributed by atoms with Gasteiger partial charge in [0.05, 0.1) is 35.7 Å². The lowest BCUT2D eigenvalue weighted by Crippen LogP contribution is -2.40. The third-order valence-electron chi connectivity index (χ3n) is 4.59. The van der Waals surface area contributed by atoms with Gasteiger partial charge in [-0.2, -0.15) is 4.31 Å². The number of benzene rings is 1. The van der Waals surface area contributed by atoms with Crippen molar-refractivity contribution in [2.45, 2.75) is 11.8 Å². The molecule has 1 aliphatic rings. The van der Waals surface area contributed by atoms with Gasteiger partial charge >= 0.3 is 0 Å². The summed E-state index contributed by atoms with van der Waals surface area (Å²) in [5.41, 5.74) is 0.294. The lowest BCUT2D eigenvalue weighted by atomic mass is 10.2. The van der Waals surface area contributed by atoms with Crippen molar-refractivity contribution in [3.8, 4) is 17.1 Å². The summed E-state index contributed by atoms with van der Waals surface area (Å²) < 4.78 is 38.4. The summed E-state index contributed by atoms with van der Waals surface area (Å²) in [6, 6.07) is 7.83. The highest BCUT2D eigenvalue weighted by Crippen LogP contribution is 2.31. The Morgan fingerprint density at radius 3 is 2.79 bits per heavy atom. The summed E-state index contributed by atoms with van der Waals surface area (Å²) in [4.78, 5) is 23.8. The Morgan fingerprint density at radius 2 is 2.03 bits per heavy atom. The second-order valence-electron chi connectivity index (χ2n) is 6.40. The fourth-order valence-electron chi connectivity index (χ4n) is 3.17. The largest absolute Gasteiger partial charge is 0.493 e. The summed E-state index contributed by atoms with van der Waals surface area (Å²) in [6.07, 6.45) is 1.54. The molecule has 0 saturated carbocycles. The highest BCUT2D eigenvalue weighted by atomic mass is 32.2. The van der Waals surface area contributed by atoms with Crippen LogP contribution in [0.4, 0.5) is 0 Å². The monoisotopic (exact) mass is 416 g/mol. The van der Waals surface area contributed by atoms with E-state index in [4.69, 9.17) is 9.47 Å². The third-order valence-corrected chi connectivity index (χ3v) is 6.49. The zero-order chi connectivity index (χ0) is 20.4. The lowest BCUT2D eigenvalue weighted by Gasteiger charge is -2.26. The van der Waals surface area contributed by atoms with Gasteiger partial charge in [-0.15, -0.1) is 0 Å². The van der Waals surface area contributed by atoms with Crippen molar-refractivity contribution in [1.82, 2.24) is 19.3 Å². The lowest BCUT2D eigenvalue weighted by molar-refractivity contribution is 0.0730. The zero-order valence-corrected chi connectivity index (χ0v) is 16.6. The highest BCUT2D eigenvalue weighted by molar-refractivity contribution is 7.89. The van der Waals surface area contributed by atoms with Crippen LogP contribution >= 0.6 is 0 Å². The summed E-state index contributed by atoms with van der Waals surface area (Å²) >= 11 is 0. The minimum Gasteiger partial charge on any atom is -0.493 e. The third kappa shape index (κ3) is 3.74. The summed E-state index contributed by atoms with van der Waals surface area (Å²) in [6.45, 7) is 3.49. The Balaban J connectivity index is 1.86. The van der Waals surface area contributed by atoms with Crippen LogP contribution in [0.25, 0.3) is 22.4 Å². The van der Waals surface area contributed by atoms with E-state index in [1.54, 1.807) is 24.4 Å². The van der Waals surface area contributed by atoms with E-state index in [0.717, 1.165) is 0 Å². The molecule has 1 aliphatic heterocycles. The van der Waals surface area contributed by atoms with Gasteiger partial charge in [0.25, 0.3) is 5.56 Å². The Morgan fingerprint density at radius 1 is 1.24 bits per heavy atom. The van der Waals surface area contributed by atoms with Crippen molar-refractivity contribution in [3.63, 3.8) is 0 Å². The van der Waals surface area contributed by atoms with Crippen LogP contribution in [-0.4, -0.2) is 60.6 Å². The first kappa shape index (κ1) is 19.5. The first-order valence-electron chi connectivity index (χ1n) is 9.21. The number of ether oxygens (including phenoxy) is 2. The van der Waals surface area contributed by atoms with Gasteiger partial charge in [0, 0.05) is 19.3 Å². The molecule has 29 heavy (non-hydrogen) atoms. The first-order chi connectivity index (χ1) is 14.0. The van der Waals surface area contributed by atoms with Crippen LogP contribution in [0.1, 0.15) is 6.92 Å². The smallest absolute Gasteiger partial charge is 0.260 e. The van der Waals surface area contributed by atoms with E-state index in [-0.39, 0.29) is 21.9 Å². The van der Waals surface area contributed by atoms with Crippen LogP contribution in [0.2, 0.25) is 0 Å². The number of aromatic nitrogens is 3. The SMILES string of the molecule is CCOc1ccc(S(=O)(=O)N2CCOCC2)cc1-c1nc2ncccc2c(=O)[nH]1. The van der Waals surface area contributed by atoms with Crippen LogP contribution < -0.4 is 10.3 Å².